The Bertz CT molecular complexity index is 586. The molecule has 2 rings (SSSR count). The fraction of sp³-hybridized carbons (Fsp3) is 0.250. The Morgan fingerprint density at radius 3 is 2.65 bits per heavy atom. The maximum atomic E-state index is 6.37. The molecule has 0 aliphatic rings. The Morgan fingerprint density at radius 1 is 1.20 bits per heavy atom. The molecular weight excluding hydrogens is 354 g/mol. The van der Waals surface area contributed by atoms with Crippen LogP contribution in [0.25, 0.3) is 0 Å². The third kappa shape index (κ3) is 4.81. The monoisotopic (exact) mass is 369 g/mol. The molecule has 0 heterocycles. The van der Waals surface area contributed by atoms with Crippen LogP contribution in [0.4, 0.5) is 0 Å². The Labute approximate surface area is 138 Å². The molecule has 1 N–H and O–H groups in total. The number of rotatable bonds is 5. The number of nitrogens with one attached hydrogen (secondary N) is 1. The van der Waals surface area contributed by atoms with Gasteiger partial charge in [-0.2, -0.15) is 0 Å². The molecule has 106 valence electrons. The lowest BCUT2D eigenvalue weighted by Crippen LogP contribution is -2.21. The normalized spacial score (nSPS) is 11.1. The van der Waals surface area contributed by atoms with Crippen LogP contribution >= 0.6 is 39.3 Å². The molecule has 0 saturated heterocycles. The zero-order chi connectivity index (χ0) is 14.5. The summed E-state index contributed by atoms with van der Waals surface area (Å²) in [6.45, 7) is 5.12. The van der Waals surface area contributed by atoms with E-state index in [1.54, 1.807) is 11.8 Å². The third-order valence-corrected chi connectivity index (χ3v) is 4.72. The maximum Gasteiger partial charge on any atom is 0.0548 e. The van der Waals surface area contributed by atoms with Gasteiger partial charge in [0, 0.05) is 26.9 Å². The minimum atomic E-state index is 0.476. The SMILES string of the molecule is CC(C)NCc1ccc(Sc2cccc(Br)c2)c(Cl)c1. The van der Waals surface area contributed by atoms with Crippen molar-refractivity contribution in [3.8, 4) is 0 Å². The van der Waals surface area contributed by atoms with E-state index in [1.165, 1.54) is 10.5 Å². The first-order chi connectivity index (χ1) is 9.54. The van der Waals surface area contributed by atoms with Gasteiger partial charge in [-0.25, -0.2) is 0 Å². The summed E-state index contributed by atoms with van der Waals surface area (Å²) >= 11 is 11.5. The van der Waals surface area contributed by atoms with Gasteiger partial charge in [0.1, 0.15) is 0 Å². The molecule has 0 spiro atoms. The van der Waals surface area contributed by atoms with Crippen molar-refractivity contribution in [1.82, 2.24) is 5.32 Å². The van der Waals surface area contributed by atoms with Gasteiger partial charge < -0.3 is 5.32 Å². The average molecular weight is 371 g/mol. The van der Waals surface area contributed by atoms with Gasteiger partial charge in [-0.3, -0.25) is 0 Å². The molecule has 0 radical (unpaired) electrons. The van der Waals surface area contributed by atoms with Gasteiger partial charge in [0.2, 0.25) is 0 Å². The van der Waals surface area contributed by atoms with E-state index in [0.29, 0.717) is 6.04 Å². The van der Waals surface area contributed by atoms with Crippen LogP contribution in [0.1, 0.15) is 19.4 Å². The van der Waals surface area contributed by atoms with Crippen LogP contribution in [-0.4, -0.2) is 6.04 Å². The molecule has 0 bridgehead atoms. The molecule has 1 nitrogen and oxygen atoms in total. The van der Waals surface area contributed by atoms with E-state index in [1.807, 2.05) is 18.2 Å². The van der Waals surface area contributed by atoms with Crippen molar-refractivity contribution < 1.29 is 0 Å². The van der Waals surface area contributed by atoms with E-state index < -0.39 is 0 Å². The lowest BCUT2D eigenvalue weighted by Gasteiger charge is -2.10. The lowest BCUT2D eigenvalue weighted by molar-refractivity contribution is 0.589. The summed E-state index contributed by atoms with van der Waals surface area (Å²) in [7, 11) is 0. The summed E-state index contributed by atoms with van der Waals surface area (Å²) in [5, 5.41) is 4.20. The summed E-state index contributed by atoms with van der Waals surface area (Å²) in [5.41, 5.74) is 1.21. The summed E-state index contributed by atoms with van der Waals surface area (Å²) < 4.78 is 1.08. The first kappa shape index (κ1) is 15.9. The van der Waals surface area contributed by atoms with Gasteiger partial charge in [0.25, 0.3) is 0 Å². The molecule has 0 fully saturated rings. The standard InChI is InChI=1S/C16H17BrClNS/c1-11(2)19-10-12-6-7-16(15(18)8-12)20-14-5-3-4-13(17)9-14/h3-9,11,19H,10H2,1-2H3. The highest BCUT2D eigenvalue weighted by atomic mass is 79.9. The Morgan fingerprint density at radius 2 is 2.00 bits per heavy atom. The molecular formula is C16H17BrClNS. The first-order valence-electron chi connectivity index (χ1n) is 6.50. The van der Waals surface area contributed by atoms with Gasteiger partial charge >= 0.3 is 0 Å². The van der Waals surface area contributed by atoms with E-state index >= 15 is 0 Å². The summed E-state index contributed by atoms with van der Waals surface area (Å²) in [4.78, 5) is 2.26. The van der Waals surface area contributed by atoms with Crippen molar-refractivity contribution in [2.24, 2.45) is 0 Å². The predicted octanol–water partition coefficient (Wildman–Crippen LogP) is 5.75. The van der Waals surface area contributed by atoms with Gasteiger partial charge in [0.05, 0.1) is 5.02 Å². The summed E-state index contributed by atoms with van der Waals surface area (Å²) in [6, 6.07) is 15.0. The van der Waals surface area contributed by atoms with Gasteiger partial charge in [-0.05, 0) is 35.9 Å². The Hall–Kier alpha value is -0.480. The zero-order valence-electron chi connectivity index (χ0n) is 11.5. The van der Waals surface area contributed by atoms with Gasteiger partial charge in [-0.1, -0.05) is 65.3 Å². The van der Waals surface area contributed by atoms with Crippen LogP contribution in [0, 0.1) is 0 Å². The summed E-state index contributed by atoms with van der Waals surface area (Å²) in [6.07, 6.45) is 0. The minimum Gasteiger partial charge on any atom is -0.310 e. The van der Waals surface area contributed by atoms with E-state index in [0.717, 1.165) is 20.9 Å². The molecule has 20 heavy (non-hydrogen) atoms. The fourth-order valence-corrected chi connectivity index (χ4v) is 3.47. The zero-order valence-corrected chi connectivity index (χ0v) is 14.6. The van der Waals surface area contributed by atoms with Crippen LogP contribution < -0.4 is 5.32 Å². The van der Waals surface area contributed by atoms with E-state index in [2.05, 4.69) is 59.4 Å². The minimum absolute atomic E-state index is 0.476. The van der Waals surface area contributed by atoms with Crippen molar-refractivity contribution in [2.75, 3.05) is 0 Å². The predicted molar refractivity (Wildman–Crippen MR) is 91.7 cm³/mol. The molecule has 2 aromatic rings. The average Bonchev–Trinajstić information content (AvgIpc) is 2.39. The molecule has 2 aromatic carbocycles. The smallest absolute Gasteiger partial charge is 0.0548 e. The van der Waals surface area contributed by atoms with Crippen molar-refractivity contribution in [3.05, 3.63) is 57.5 Å². The van der Waals surface area contributed by atoms with Crippen molar-refractivity contribution >= 4 is 39.3 Å². The number of halogens is 2. The van der Waals surface area contributed by atoms with Crippen molar-refractivity contribution in [3.63, 3.8) is 0 Å². The number of hydrogen-bond donors (Lipinski definition) is 1. The summed E-state index contributed by atoms with van der Waals surface area (Å²) in [5.74, 6) is 0. The van der Waals surface area contributed by atoms with E-state index in [4.69, 9.17) is 11.6 Å². The van der Waals surface area contributed by atoms with Crippen LogP contribution in [0.3, 0.4) is 0 Å². The highest BCUT2D eigenvalue weighted by molar-refractivity contribution is 9.10. The Balaban J connectivity index is 2.09. The lowest BCUT2D eigenvalue weighted by atomic mass is 10.2. The molecule has 0 aliphatic heterocycles. The largest absolute Gasteiger partial charge is 0.310 e. The van der Waals surface area contributed by atoms with E-state index in [9.17, 15) is 0 Å². The van der Waals surface area contributed by atoms with Crippen LogP contribution in [0.5, 0.6) is 0 Å². The molecule has 0 atom stereocenters. The molecule has 0 aromatic heterocycles. The number of benzene rings is 2. The van der Waals surface area contributed by atoms with Crippen molar-refractivity contribution in [2.45, 2.75) is 36.2 Å². The third-order valence-electron chi connectivity index (χ3n) is 2.73. The number of hydrogen-bond acceptors (Lipinski definition) is 2. The molecule has 0 saturated carbocycles. The second-order valence-electron chi connectivity index (χ2n) is 4.86. The molecule has 0 aliphatic carbocycles. The highest BCUT2D eigenvalue weighted by Gasteiger charge is 2.05. The van der Waals surface area contributed by atoms with Crippen molar-refractivity contribution in [1.29, 1.82) is 0 Å². The second kappa shape index (κ2) is 7.51. The van der Waals surface area contributed by atoms with Crippen LogP contribution in [-0.2, 0) is 6.54 Å². The topological polar surface area (TPSA) is 12.0 Å². The molecule has 4 heteroatoms. The second-order valence-corrected chi connectivity index (χ2v) is 7.30. The van der Waals surface area contributed by atoms with Crippen LogP contribution in [0.15, 0.2) is 56.7 Å². The highest BCUT2D eigenvalue weighted by Crippen LogP contribution is 2.34. The fourth-order valence-electron chi connectivity index (χ4n) is 1.72. The first-order valence-corrected chi connectivity index (χ1v) is 8.48. The van der Waals surface area contributed by atoms with Gasteiger partial charge in [0.15, 0.2) is 0 Å². The quantitative estimate of drug-likeness (QED) is 0.719. The molecule has 0 amide bonds. The van der Waals surface area contributed by atoms with Crippen LogP contribution in [0.2, 0.25) is 5.02 Å². The van der Waals surface area contributed by atoms with E-state index in [-0.39, 0.29) is 0 Å². The van der Waals surface area contributed by atoms with Gasteiger partial charge in [-0.15, -0.1) is 0 Å². The Kier molecular flexibility index (Phi) is 5.97. The maximum absolute atomic E-state index is 6.37. The molecule has 0 unspecified atom stereocenters.